The molecular weight excluding hydrogens is 1020 g/mol. The number of ether oxygens (including phenoxy) is 8. The average Bonchev–Trinajstić information content (AvgIpc) is 3.37. The van der Waals surface area contributed by atoms with Gasteiger partial charge in [-0.15, -0.1) is 0 Å². The van der Waals surface area contributed by atoms with Crippen LogP contribution in [-0.4, -0.2) is 169 Å². The van der Waals surface area contributed by atoms with E-state index in [4.69, 9.17) is 37.9 Å². The molecule has 1 heterocycles. The summed E-state index contributed by atoms with van der Waals surface area (Å²) in [6, 6.07) is 35.3. The first-order valence-electron chi connectivity index (χ1n) is 28.2. The van der Waals surface area contributed by atoms with Gasteiger partial charge in [0, 0.05) is 52.4 Å². The molecule has 80 heavy (non-hydrogen) atoms. The minimum Gasteiger partial charge on any atom is -0.459 e. The van der Waals surface area contributed by atoms with Crippen molar-refractivity contribution in [1.29, 1.82) is 0 Å². The molecule has 1 fully saturated rings. The SMILES string of the molecule is CC(C)(C)OC(=O)C(COCc1ccccc1)N1CCN(C(COCc2ccccc2)C(=O)OC(C)(C)C)CCN(C(COCc2ccccc2)C(=O)OC(C)(C)C)CCN(C(COCc2ccccc2)C(=O)OC(C)(C)C)CC1. The van der Waals surface area contributed by atoms with Gasteiger partial charge in [-0.1, -0.05) is 121 Å². The number of benzene rings is 4. The monoisotopic (exact) mass is 1110 g/mol. The van der Waals surface area contributed by atoms with Crippen LogP contribution in [0.4, 0.5) is 0 Å². The molecule has 1 aliphatic rings. The van der Waals surface area contributed by atoms with Crippen LogP contribution >= 0.6 is 0 Å². The second kappa shape index (κ2) is 31.6. The number of carbonyl (C=O) groups is 4. The average molecular weight is 1110 g/mol. The first kappa shape index (κ1) is 65.3. The van der Waals surface area contributed by atoms with Gasteiger partial charge in [0.2, 0.25) is 0 Å². The molecule has 0 N–H and O–H groups in total. The Morgan fingerprint density at radius 1 is 0.312 bits per heavy atom. The van der Waals surface area contributed by atoms with Crippen molar-refractivity contribution in [2.45, 2.75) is 156 Å². The van der Waals surface area contributed by atoms with Crippen molar-refractivity contribution in [3.63, 3.8) is 0 Å². The zero-order valence-corrected chi connectivity index (χ0v) is 49.9. The first-order chi connectivity index (χ1) is 37.8. The van der Waals surface area contributed by atoms with Gasteiger partial charge in [-0.2, -0.15) is 0 Å². The molecule has 440 valence electrons. The lowest BCUT2D eigenvalue weighted by Gasteiger charge is -2.41. The fourth-order valence-electron chi connectivity index (χ4n) is 8.94. The lowest BCUT2D eigenvalue weighted by molar-refractivity contribution is -0.169. The van der Waals surface area contributed by atoms with Crippen molar-refractivity contribution < 1.29 is 57.1 Å². The summed E-state index contributed by atoms with van der Waals surface area (Å²) in [5, 5.41) is 0. The smallest absolute Gasteiger partial charge is 0.326 e. The van der Waals surface area contributed by atoms with Gasteiger partial charge >= 0.3 is 23.9 Å². The van der Waals surface area contributed by atoms with Crippen molar-refractivity contribution in [3.05, 3.63) is 144 Å². The van der Waals surface area contributed by atoms with Gasteiger partial charge in [0.1, 0.15) is 46.6 Å². The van der Waals surface area contributed by atoms with E-state index in [0.29, 0.717) is 0 Å². The minimum atomic E-state index is -0.928. The zero-order valence-electron chi connectivity index (χ0n) is 49.9. The van der Waals surface area contributed by atoms with Crippen molar-refractivity contribution in [2.24, 2.45) is 0 Å². The number of rotatable bonds is 24. The molecule has 1 aliphatic heterocycles. The highest BCUT2D eigenvalue weighted by Crippen LogP contribution is 2.21. The maximum Gasteiger partial charge on any atom is 0.326 e. The van der Waals surface area contributed by atoms with Crippen molar-refractivity contribution in [1.82, 2.24) is 19.6 Å². The molecule has 0 radical (unpaired) electrons. The Morgan fingerprint density at radius 3 is 0.625 bits per heavy atom. The Labute approximate surface area is 477 Å². The maximum atomic E-state index is 14.7. The first-order valence-corrected chi connectivity index (χ1v) is 28.2. The summed E-state index contributed by atoms with van der Waals surface area (Å²) in [5.74, 6) is -1.94. The van der Waals surface area contributed by atoms with Crippen molar-refractivity contribution in [3.8, 4) is 0 Å². The standard InChI is InChI=1S/C64H92N4O12/c1-61(2,3)77-57(69)53(45-73-41-49-25-17-13-18-26-49)65-33-35-66(54(58(70)78-62(4,5)6)46-74-42-50-27-19-14-20-28-50)37-39-68(56(60(72)80-64(10,11)12)48-76-44-52-31-23-16-24-32-52)40-38-67(36-34-65)55(59(71)79-63(7,8)9)47-75-43-51-29-21-15-22-30-51/h13-32,53-56H,33-48H2,1-12H3. The predicted molar refractivity (Wildman–Crippen MR) is 309 cm³/mol. The molecule has 16 heteroatoms. The van der Waals surface area contributed by atoms with Gasteiger partial charge < -0.3 is 37.9 Å². The largest absolute Gasteiger partial charge is 0.459 e. The normalized spacial score (nSPS) is 16.8. The van der Waals surface area contributed by atoms with Crippen LogP contribution in [0.2, 0.25) is 0 Å². The molecule has 0 aromatic heterocycles. The third-order valence-corrected chi connectivity index (χ3v) is 12.7. The van der Waals surface area contributed by atoms with Crippen LogP contribution in [0.5, 0.6) is 0 Å². The van der Waals surface area contributed by atoms with E-state index >= 15 is 0 Å². The number of hydrogen-bond donors (Lipinski definition) is 0. The van der Waals surface area contributed by atoms with Crippen LogP contribution in [0.3, 0.4) is 0 Å². The van der Waals surface area contributed by atoms with E-state index in [1.807, 2.05) is 224 Å². The Balaban J connectivity index is 1.65. The number of carbonyl (C=O) groups excluding carboxylic acids is 4. The summed E-state index contributed by atoms with van der Waals surface area (Å²) in [5.41, 5.74) is 0.394. The Morgan fingerprint density at radius 2 is 0.475 bits per heavy atom. The van der Waals surface area contributed by atoms with E-state index in [2.05, 4.69) is 0 Å². The quantitative estimate of drug-likeness (QED) is 0.0484. The van der Waals surface area contributed by atoms with Gasteiger partial charge in [0.15, 0.2) is 0 Å². The summed E-state index contributed by atoms with van der Waals surface area (Å²) in [6.07, 6.45) is 0. The van der Waals surface area contributed by atoms with Crippen molar-refractivity contribution in [2.75, 3.05) is 78.8 Å². The number of nitrogens with zero attached hydrogens (tertiary/aromatic N) is 4. The third kappa shape index (κ3) is 24.7. The maximum absolute atomic E-state index is 14.7. The lowest BCUT2D eigenvalue weighted by atomic mass is 10.1. The summed E-state index contributed by atoms with van der Waals surface area (Å²) in [7, 11) is 0. The van der Waals surface area contributed by atoms with Gasteiger partial charge in [-0.05, 0) is 105 Å². The molecular formula is C64H92N4O12. The molecule has 16 nitrogen and oxygen atoms in total. The second-order valence-corrected chi connectivity index (χ2v) is 24.3. The van der Waals surface area contributed by atoms with E-state index < -0.39 is 70.4 Å². The van der Waals surface area contributed by atoms with E-state index in [9.17, 15) is 19.2 Å². The van der Waals surface area contributed by atoms with Crippen LogP contribution in [0, 0.1) is 0 Å². The molecule has 0 bridgehead atoms. The Kier molecular flexibility index (Phi) is 25.8. The fraction of sp³-hybridized carbons (Fsp3) is 0.562. The van der Waals surface area contributed by atoms with E-state index in [0.717, 1.165) is 22.3 Å². The van der Waals surface area contributed by atoms with Gasteiger partial charge in [-0.3, -0.25) is 38.8 Å². The van der Waals surface area contributed by atoms with Gasteiger partial charge in [-0.25, -0.2) is 0 Å². The Hall–Kier alpha value is -5.56. The van der Waals surface area contributed by atoms with Crippen molar-refractivity contribution >= 4 is 23.9 Å². The number of hydrogen-bond acceptors (Lipinski definition) is 16. The van der Waals surface area contributed by atoms with Gasteiger partial charge in [0.25, 0.3) is 0 Å². The molecule has 4 aromatic carbocycles. The molecule has 4 aromatic rings. The molecule has 0 spiro atoms. The van der Waals surface area contributed by atoms with Gasteiger partial charge in [0.05, 0.1) is 52.9 Å². The molecule has 5 rings (SSSR count). The zero-order chi connectivity index (χ0) is 58.4. The molecule has 1 saturated heterocycles. The van der Waals surface area contributed by atoms with Crippen LogP contribution in [0.25, 0.3) is 0 Å². The van der Waals surface area contributed by atoms with Crippen LogP contribution < -0.4 is 0 Å². The summed E-state index contributed by atoms with van der Waals surface area (Å²) in [4.78, 5) is 67.0. The highest BCUT2D eigenvalue weighted by Gasteiger charge is 2.39. The predicted octanol–water partition coefficient (Wildman–Crippen LogP) is 8.92. The topological polar surface area (TPSA) is 155 Å². The third-order valence-electron chi connectivity index (χ3n) is 12.7. The van der Waals surface area contributed by atoms with E-state index in [1.165, 1.54) is 0 Å². The summed E-state index contributed by atoms with van der Waals surface area (Å²) in [6.45, 7) is 24.6. The molecule has 0 aliphatic carbocycles. The number of esters is 4. The van der Waals surface area contributed by atoms with E-state index in [-0.39, 0.29) is 105 Å². The highest BCUT2D eigenvalue weighted by molar-refractivity contribution is 5.78. The Bertz CT molecular complexity index is 2080. The minimum absolute atomic E-state index is 0.0243. The highest BCUT2D eigenvalue weighted by atomic mass is 16.6. The van der Waals surface area contributed by atoms with Crippen LogP contribution in [0.1, 0.15) is 105 Å². The van der Waals surface area contributed by atoms with Crippen LogP contribution in [-0.2, 0) is 83.5 Å². The van der Waals surface area contributed by atoms with Crippen LogP contribution in [0.15, 0.2) is 121 Å². The second-order valence-electron chi connectivity index (χ2n) is 24.3. The molecule has 4 atom stereocenters. The fourth-order valence-corrected chi connectivity index (χ4v) is 8.94. The lowest BCUT2D eigenvalue weighted by Crippen LogP contribution is -2.59. The summed E-state index contributed by atoms with van der Waals surface area (Å²) < 4.78 is 50.3. The summed E-state index contributed by atoms with van der Waals surface area (Å²) >= 11 is 0. The molecule has 0 amide bonds. The van der Waals surface area contributed by atoms with E-state index in [1.54, 1.807) is 0 Å². The molecule has 0 saturated carbocycles. The molecule has 4 unspecified atom stereocenters.